The number of rotatable bonds is 7. The average molecular weight is 502 g/mol. The Hall–Kier alpha value is -2.51. The van der Waals surface area contributed by atoms with Crippen LogP contribution in [0.3, 0.4) is 0 Å². The molecule has 0 spiro atoms. The number of methoxy groups -OCH3 is 2. The lowest BCUT2D eigenvalue weighted by Gasteiger charge is -2.45. The molecule has 2 N–H and O–H groups in total. The number of hydrogen-bond acceptors (Lipinski definition) is 4. The van der Waals surface area contributed by atoms with Gasteiger partial charge in [-0.15, -0.1) is 0 Å². The molecule has 3 unspecified atom stereocenters. The number of carbonyl (C=O) groups excluding carboxylic acids is 1. The summed E-state index contributed by atoms with van der Waals surface area (Å²) in [4.78, 5) is 15.4. The summed E-state index contributed by atoms with van der Waals surface area (Å²) in [5.74, 6) is 1.80. The third-order valence-electron chi connectivity index (χ3n) is 8.03. The first-order valence-electron chi connectivity index (χ1n) is 12.4. The fraction of sp³-hybridized carbons (Fsp3) is 0.519. The third kappa shape index (κ3) is 4.94. The van der Waals surface area contributed by atoms with Gasteiger partial charge in [0.25, 0.3) is 0 Å². The van der Waals surface area contributed by atoms with E-state index in [2.05, 4.69) is 27.7 Å². The van der Waals surface area contributed by atoms with Crippen LogP contribution in [0.2, 0.25) is 5.02 Å². The van der Waals surface area contributed by atoms with Crippen molar-refractivity contribution in [3.8, 4) is 11.5 Å². The molecular weight excluding hydrogens is 469 g/mol. The highest BCUT2D eigenvalue weighted by molar-refractivity contribution is 6.31. The number of urea groups is 1. The molecule has 3 fully saturated rings. The summed E-state index contributed by atoms with van der Waals surface area (Å²) in [5.41, 5.74) is 1.80. The van der Waals surface area contributed by atoms with Gasteiger partial charge in [0.15, 0.2) is 11.5 Å². The Morgan fingerprint density at radius 3 is 2.63 bits per heavy atom. The Kier molecular flexibility index (Phi) is 6.82. The van der Waals surface area contributed by atoms with Crippen molar-refractivity contribution in [3.63, 3.8) is 0 Å². The predicted molar refractivity (Wildman–Crippen MR) is 135 cm³/mol. The molecule has 3 atom stereocenters. The number of halogens is 2. The molecule has 0 radical (unpaired) electrons. The van der Waals surface area contributed by atoms with E-state index in [4.69, 9.17) is 21.1 Å². The fourth-order valence-electron chi connectivity index (χ4n) is 6.04. The van der Waals surface area contributed by atoms with Crippen molar-refractivity contribution >= 4 is 23.3 Å². The normalized spacial score (nSPS) is 26.2. The number of benzene rings is 2. The van der Waals surface area contributed by atoms with Crippen molar-refractivity contribution in [1.82, 2.24) is 10.2 Å². The summed E-state index contributed by atoms with van der Waals surface area (Å²) in [6, 6.07) is 10.7. The quantitative estimate of drug-likeness (QED) is 0.519. The minimum atomic E-state index is -0.506. The molecule has 1 saturated heterocycles. The van der Waals surface area contributed by atoms with Crippen molar-refractivity contribution in [2.75, 3.05) is 32.6 Å². The molecule has 2 saturated carbocycles. The molecule has 2 aromatic rings. The number of likely N-dealkylation sites (tertiary alicyclic amines) is 1. The number of nitrogens with one attached hydrogen (secondary N) is 2. The first-order chi connectivity index (χ1) is 16.9. The van der Waals surface area contributed by atoms with Crippen LogP contribution in [0, 0.1) is 11.7 Å². The van der Waals surface area contributed by atoms with Gasteiger partial charge in [-0.05, 0) is 86.9 Å². The minimum absolute atomic E-state index is 0.0122. The van der Waals surface area contributed by atoms with Gasteiger partial charge in [-0.25, -0.2) is 9.18 Å². The van der Waals surface area contributed by atoms with Crippen molar-refractivity contribution < 1.29 is 18.7 Å². The monoisotopic (exact) mass is 501 g/mol. The molecule has 5 rings (SSSR count). The van der Waals surface area contributed by atoms with Crippen LogP contribution in [0.25, 0.3) is 0 Å². The van der Waals surface area contributed by atoms with Crippen LogP contribution in [-0.4, -0.2) is 50.3 Å². The second kappa shape index (κ2) is 9.86. The van der Waals surface area contributed by atoms with E-state index in [-0.39, 0.29) is 22.5 Å². The van der Waals surface area contributed by atoms with Crippen LogP contribution >= 0.6 is 11.6 Å². The molecule has 1 heterocycles. The molecule has 0 aromatic heterocycles. The first kappa shape index (κ1) is 24.2. The maximum absolute atomic E-state index is 13.5. The summed E-state index contributed by atoms with van der Waals surface area (Å²) in [5, 5.41) is 5.94. The van der Waals surface area contributed by atoms with E-state index in [1.54, 1.807) is 14.2 Å². The number of nitrogens with zero attached hydrogens (tertiary/aromatic N) is 1. The molecule has 2 aromatic carbocycles. The Morgan fingerprint density at radius 2 is 1.91 bits per heavy atom. The maximum Gasteiger partial charge on any atom is 0.319 e. The molecule has 8 heteroatoms. The van der Waals surface area contributed by atoms with Crippen molar-refractivity contribution in [2.24, 2.45) is 5.92 Å². The summed E-state index contributed by atoms with van der Waals surface area (Å²) >= 11 is 5.86. The maximum atomic E-state index is 13.5. The van der Waals surface area contributed by atoms with E-state index in [0.29, 0.717) is 11.7 Å². The number of fused-ring (bicyclic) bond motifs is 1. The molecule has 0 bridgehead atoms. The predicted octanol–water partition coefficient (Wildman–Crippen LogP) is 5.59. The highest BCUT2D eigenvalue weighted by atomic mass is 35.5. The van der Waals surface area contributed by atoms with Crippen LogP contribution in [0.15, 0.2) is 36.4 Å². The van der Waals surface area contributed by atoms with Gasteiger partial charge in [-0.1, -0.05) is 17.7 Å². The molecule has 6 nitrogen and oxygen atoms in total. The smallest absolute Gasteiger partial charge is 0.319 e. The van der Waals surface area contributed by atoms with E-state index in [9.17, 15) is 9.18 Å². The van der Waals surface area contributed by atoms with Crippen LogP contribution in [0.4, 0.5) is 14.9 Å². The number of ether oxygens (including phenoxy) is 2. The largest absolute Gasteiger partial charge is 0.493 e. The number of anilines is 1. The average Bonchev–Trinajstić information content (AvgIpc) is 3.61. The lowest BCUT2D eigenvalue weighted by Crippen LogP contribution is -2.53. The van der Waals surface area contributed by atoms with Gasteiger partial charge < -0.3 is 20.1 Å². The van der Waals surface area contributed by atoms with Crippen molar-refractivity contribution in [3.05, 3.63) is 52.8 Å². The summed E-state index contributed by atoms with van der Waals surface area (Å²) in [6.45, 7) is 2.20. The standard InChI is InChI=1S/C27H33ClFN3O3/c1-34-23-8-5-18(13-24(23)35-2)27-10-9-20(15-25(27)32(12-11-27)16-17-3-4-17)31-26(33)30-19-6-7-22(29)21(28)14-19/h5-8,13-14,17,20,25H,3-4,9-12,15-16H2,1-2H3,(H2,30,31,33). The second-order valence-corrected chi connectivity index (χ2v) is 10.5. The van der Waals surface area contributed by atoms with E-state index in [1.165, 1.54) is 36.6 Å². The van der Waals surface area contributed by atoms with Gasteiger partial charge in [0, 0.05) is 29.7 Å². The van der Waals surface area contributed by atoms with Crippen molar-refractivity contribution in [2.45, 2.75) is 56.0 Å². The van der Waals surface area contributed by atoms with E-state index >= 15 is 0 Å². The van der Waals surface area contributed by atoms with Crippen LogP contribution in [0.1, 0.15) is 44.1 Å². The molecule has 2 amide bonds. The highest BCUT2D eigenvalue weighted by Crippen LogP contribution is 2.51. The molecule has 1 aliphatic heterocycles. The van der Waals surface area contributed by atoms with Gasteiger partial charge in [0.05, 0.1) is 19.2 Å². The van der Waals surface area contributed by atoms with Crippen LogP contribution in [-0.2, 0) is 5.41 Å². The van der Waals surface area contributed by atoms with E-state index in [1.807, 2.05) is 6.07 Å². The number of amides is 2. The number of carbonyl (C=O) groups is 1. The lowest BCUT2D eigenvalue weighted by atomic mass is 9.65. The molecule has 3 aliphatic rings. The zero-order chi connectivity index (χ0) is 24.6. The molecular formula is C27H33ClFN3O3. The van der Waals surface area contributed by atoms with Gasteiger partial charge in [0.2, 0.25) is 0 Å². The van der Waals surface area contributed by atoms with E-state index in [0.717, 1.165) is 56.2 Å². The van der Waals surface area contributed by atoms with Crippen molar-refractivity contribution in [1.29, 1.82) is 0 Å². The van der Waals surface area contributed by atoms with Crippen LogP contribution < -0.4 is 20.1 Å². The molecule has 188 valence electrons. The third-order valence-corrected chi connectivity index (χ3v) is 8.32. The SMILES string of the molecule is COc1ccc(C23CCC(NC(=O)Nc4ccc(F)c(Cl)c4)CC2N(CC2CC2)CC3)cc1OC. The fourth-order valence-corrected chi connectivity index (χ4v) is 6.22. The Morgan fingerprint density at radius 1 is 1.11 bits per heavy atom. The topological polar surface area (TPSA) is 62.8 Å². The lowest BCUT2D eigenvalue weighted by molar-refractivity contribution is 0.132. The Bertz CT molecular complexity index is 1100. The summed E-state index contributed by atoms with van der Waals surface area (Å²) < 4.78 is 24.5. The van der Waals surface area contributed by atoms with Gasteiger partial charge in [-0.2, -0.15) is 0 Å². The van der Waals surface area contributed by atoms with Crippen LogP contribution in [0.5, 0.6) is 11.5 Å². The zero-order valence-electron chi connectivity index (χ0n) is 20.3. The Labute approximate surface area is 211 Å². The van der Waals surface area contributed by atoms with Gasteiger partial charge in [-0.3, -0.25) is 4.90 Å². The molecule has 2 aliphatic carbocycles. The van der Waals surface area contributed by atoms with Gasteiger partial charge in [0.1, 0.15) is 5.82 Å². The first-order valence-corrected chi connectivity index (χ1v) is 12.8. The minimum Gasteiger partial charge on any atom is -0.493 e. The zero-order valence-corrected chi connectivity index (χ0v) is 21.0. The summed E-state index contributed by atoms with van der Waals surface area (Å²) in [6.07, 6.45) is 6.50. The van der Waals surface area contributed by atoms with Gasteiger partial charge >= 0.3 is 6.03 Å². The number of hydrogen-bond donors (Lipinski definition) is 2. The molecule has 35 heavy (non-hydrogen) atoms. The summed E-state index contributed by atoms with van der Waals surface area (Å²) in [7, 11) is 3.34. The van der Waals surface area contributed by atoms with E-state index < -0.39 is 5.82 Å². The highest BCUT2D eigenvalue weighted by Gasteiger charge is 2.52. The Balaban J connectivity index is 1.33. The second-order valence-electron chi connectivity index (χ2n) is 10.1.